The summed E-state index contributed by atoms with van der Waals surface area (Å²) in [6.45, 7) is 4.97. The van der Waals surface area contributed by atoms with Crippen LogP contribution in [0.2, 0.25) is 0 Å². The number of methoxy groups -OCH3 is 1. The van der Waals surface area contributed by atoms with Crippen LogP contribution in [0.4, 0.5) is 0 Å². The Kier molecular flexibility index (Phi) is 8.04. The molecule has 0 radical (unpaired) electrons. The summed E-state index contributed by atoms with van der Waals surface area (Å²) in [5.74, 6) is 0.147. The first-order chi connectivity index (χ1) is 9.92. The molecule has 1 saturated heterocycles. The molecule has 21 heavy (non-hydrogen) atoms. The molecule has 1 aliphatic rings. The molecule has 8 heteroatoms. The summed E-state index contributed by atoms with van der Waals surface area (Å²) in [7, 11) is -1.60. The molecule has 6 nitrogen and oxygen atoms in total. The van der Waals surface area contributed by atoms with E-state index in [-0.39, 0.29) is 11.8 Å². The van der Waals surface area contributed by atoms with Crippen molar-refractivity contribution in [1.82, 2.24) is 9.21 Å². The number of sulfonamides is 1. The van der Waals surface area contributed by atoms with Crippen LogP contribution in [0.1, 0.15) is 26.2 Å². The lowest BCUT2D eigenvalue weighted by Gasteiger charge is -2.38. The van der Waals surface area contributed by atoms with Crippen LogP contribution in [0.25, 0.3) is 0 Å². The van der Waals surface area contributed by atoms with Crippen LogP contribution in [-0.4, -0.2) is 74.3 Å². The molecule has 0 aromatic carbocycles. The van der Waals surface area contributed by atoms with E-state index in [0.29, 0.717) is 44.2 Å². The Labute approximate surface area is 133 Å². The smallest absolute Gasteiger partial charge is 0.214 e. The van der Waals surface area contributed by atoms with E-state index in [2.05, 4.69) is 11.8 Å². The van der Waals surface area contributed by atoms with E-state index in [4.69, 9.17) is 22.7 Å². The van der Waals surface area contributed by atoms with Crippen LogP contribution < -0.4 is 5.73 Å². The number of ether oxygens (including phenoxy) is 1. The second-order valence-electron chi connectivity index (χ2n) is 5.30. The highest BCUT2D eigenvalue weighted by Gasteiger charge is 2.30. The van der Waals surface area contributed by atoms with Gasteiger partial charge in [-0.25, -0.2) is 8.42 Å². The first-order valence-corrected chi connectivity index (χ1v) is 9.44. The second-order valence-corrected chi connectivity index (χ2v) is 7.86. The van der Waals surface area contributed by atoms with Crippen LogP contribution in [0.15, 0.2) is 0 Å². The van der Waals surface area contributed by atoms with Crippen molar-refractivity contribution in [2.24, 2.45) is 5.73 Å². The van der Waals surface area contributed by atoms with Gasteiger partial charge in [-0.05, 0) is 12.8 Å². The average molecular weight is 338 g/mol. The highest BCUT2D eigenvalue weighted by molar-refractivity contribution is 7.89. The lowest BCUT2D eigenvalue weighted by atomic mass is 10.1. The number of hydrogen-bond donors (Lipinski definition) is 1. The van der Waals surface area contributed by atoms with Crippen LogP contribution in [0, 0.1) is 0 Å². The molecule has 0 aliphatic carbocycles. The number of piperazine rings is 1. The van der Waals surface area contributed by atoms with Crippen molar-refractivity contribution in [3.8, 4) is 0 Å². The van der Waals surface area contributed by atoms with Gasteiger partial charge in [0, 0.05) is 39.9 Å². The van der Waals surface area contributed by atoms with E-state index >= 15 is 0 Å². The van der Waals surface area contributed by atoms with Gasteiger partial charge >= 0.3 is 0 Å². The molecule has 124 valence electrons. The van der Waals surface area contributed by atoms with Gasteiger partial charge in [-0.1, -0.05) is 25.6 Å². The van der Waals surface area contributed by atoms with Crippen molar-refractivity contribution in [1.29, 1.82) is 0 Å². The van der Waals surface area contributed by atoms with Gasteiger partial charge in [0.05, 0.1) is 16.8 Å². The fourth-order valence-corrected chi connectivity index (χ4v) is 4.31. The van der Waals surface area contributed by atoms with Gasteiger partial charge in [-0.15, -0.1) is 0 Å². The van der Waals surface area contributed by atoms with E-state index in [1.54, 1.807) is 11.4 Å². The molecule has 1 fully saturated rings. The van der Waals surface area contributed by atoms with E-state index in [0.717, 1.165) is 12.8 Å². The van der Waals surface area contributed by atoms with Gasteiger partial charge in [-0.3, -0.25) is 4.90 Å². The van der Waals surface area contributed by atoms with Crippen molar-refractivity contribution in [3.05, 3.63) is 0 Å². The summed E-state index contributed by atoms with van der Waals surface area (Å²) in [5.41, 5.74) is 5.80. The van der Waals surface area contributed by atoms with Gasteiger partial charge in [0.1, 0.15) is 0 Å². The molecular weight excluding hydrogens is 310 g/mol. The molecule has 1 rings (SSSR count). The maximum atomic E-state index is 12.2. The number of nitrogens with two attached hydrogens (primary N) is 1. The third kappa shape index (κ3) is 5.78. The van der Waals surface area contributed by atoms with Gasteiger partial charge in [0.25, 0.3) is 0 Å². The number of hydrogen-bond acceptors (Lipinski definition) is 5. The summed E-state index contributed by atoms with van der Waals surface area (Å²) >= 11 is 5.13. The maximum Gasteiger partial charge on any atom is 0.214 e. The predicted molar refractivity (Wildman–Crippen MR) is 88.9 cm³/mol. The lowest BCUT2D eigenvalue weighted by Crippen LogP contribution is -2.55. The minimum atomic E-state index is -3.17. The quantitative estimate of drug-likeness (QED) is 0.486. The SMILES string of the molecule is CCCC(C(N)=S)N1CCN(S(=O)(=O)CCCOC)CC1. The summed E-state index contributed by atoms with van der Waals surface area (Å²) in [6.07, 6.45) is 2.47. The zero-order chi connectivity index (χ0) is 15.9. The Morgan fingerprint density at radius 2 is 1.95 bits per heavy atom. The summed E-state index contributed by atoms with van der Waals surface area (Å²) < 4.78 is 30.9. The number of thiocarbonyl (C=S) groups is 1. The van der Waals surface area contributed by atoms with Crippen LogP contribution in [-0.2, 0) is 14.8 Å². The third-order valence-corrected chi connectivity index (χ3v) is 5.98. The molecule has 1 heterocycles. The minimum Gasteiger partial charge on any atom is -0.392 e. The molecule has 0 aromatic heterocycles. The molecule has 2 N–H and O–H groups in total. The van der Waals surface area contributed by atoms with E-state index in [1.165, 1.54) is 0 Å². The number of rotatable bonds is 9. The lowest BCUT2D eigenvalue weighted by molar-refractivity contribution is 0.161. The minimum absolute atomic E-state index is 0.0864. The van der Waals surface area contributed by atoms with Crippen molar-refractivity contribution < 1.29 is 13.2 Å². The monoisotopic (exact) mass is 337 g/mol. The fraction of sp³-hybridized carbons (Fsp3) is 0.923. The summed E-state index contributed by atoms with van der Waals surface area (Å²) in [4.78, 5) is 2.71. The molecule has 0 saturated carbocycles. The summed E-state index contributed by atoms with van der Waals surface area (Å²) in [6, 6.07) is 0.0864. The zero-order valence-corrected chi connectivity index (χ0v) is 14.6. The molecule has 0 aromatic rings. The topological polar surface area (TPSA) is 75.9 Å². The van der Waals surface area contributed by atoms with Gasteiger partial charge in [0.2, 0.25) is 10.0 Å². The Morgan fingerprint density at radius 3 is 2.43 bits per heavy atom. The van der Waals surface area contributed by atoms with Crippen LogP contribution >= 0.6 is 12.2 Å². The molecular formula is C13H27N3O3S2. The normalized spacial score (nSPS) is 19.5. The van der Waals surface area contributed by atoms with Crippen molar-refractivity contribution >= 4 is 27.2 Å². The van der Waals surface area contributed by atoms with Crippen molar-refractivity contribution in [2.75, 3.05) is 45.6 Å². The molecule has 0 amide bonds. The maximum absolute atomic E-state index is 12.2. The van der Waals surface area contributed by atoms with Gasteiger partial charge in [-0.2, -0.15) is 4.31 Å². The van der Waals surface area contributed by atoms with E-state index < -0.39 is 10.0 Å². The largest absolute Gasteiger partial charge is 0.392 e. The molecule has 1 aliphatic heterocycles. The Bertz CT molecular complexity index is 420. The molecule has 0 spiro atoms. The third-order valence-electron chi connectivity index (χ3n) is 3.75. The molecule has 1 unspecified atom stereocenters. The first-order valence-electron chi connectivity index (χ1n) is 7.42. The van der Waals surface area contributed by atoms with E-state index in [1.807, 2.05) is 0 Å². The number of nitrogens with zero attached hydrogens (tertiary/aromatic N) is 2. The van der Waals surface area contributed by atoms with Crippen LogP contribution in [0.5, 0.6) is 0 Å². The molecule has 1 atom stereocenters. The van der Waals surface area contributed by atoms with Crippen molar-refractivity contribution in [3.63, 3.8) is 0 Å². The van der Waals surface area contributed by atoms with E-state index in [9.17, 15) is 8.42 Å². The second kappa shape index (κ2) is 8.99. The van der Waals surface area contributed by atoms with Crippen LogP contribution in [0.3, 0.4) is 0 Å². The fourth-order valence-electron chi connectivity index (χ4n) is 2.59. The zero-order valence-electron chi connectivity index (χ0n) is 13.0. The Morgan fingerprint density at radius 1 is 1.33 bits per heavy atom. The average Bonchev–Trinajstić information content (AvgIpc) is 2.45. The highest BCUT2D eigenvalue weighted by atomic mass is 32.2. The highest BCUT2D eigenvalue weighted by Crippen LogP contribution is 2.14. The Balaban J connectivity index is 2.52. The Hall–Kier alpha value is -0.280. The molecule has 0 bridgehead atoms. The predicted octanol–water partition coefficient (Wildman–Crippen LogP) is 0.425. The standard InChI is InChI=1S/C13H27N3O3S2/c1-3-5-12(13(14)20)15-6-8-16(9-7-15)21(17,18)11-4-10-19-2/h12H,3-11H2,1-2H3,(H2,14,20). The first kappa shape index (κ1) is 18.8. The van der Waals surface area contributed by atoms with Gasteiger partial charge < -0.3 is 10.5 Å². The van der Waals surface area contributed by atoms with Crippen molar-refractivity contribution in [2.45, 2.75) is 32.2 Å². The van der Waals surface area contributed by atoms with Gasteiger partial charge in [0.15, 0.2) is 0 Å². The summed E-state index contributed by atoms with van der Waals surface area (Å²) in [5, 5.41) is 0.